The number of benzene rings is 1. The second-order valence-corrected chi connectivity index (χ2v) is 11.0. The Morgan fingerprint density at radius 1 is 1.22 bits per heavy atom. The number of esters is 1. The number of amides is 1. The summed E-state index contributed by atoms with van der Waals surface area (Å²) in [6, 6.07) is 5.14. The number of carbonyl (C=O) groups excluding carboxylic acids is 2. The van der Waals surface area contributed by atoms with Gasteiger partial charge in [0.15, 0.2) is 0 Å². The highest BCUT2D eigenvalue weighted by Gasteiger charge is 2.30. The molecular weight excluding hydrogens is 523 g/mol. The van der Waals surface area contributed by atoms with Gasteiger partial charge < -0.3 is 14.6 Å². The van der Waals surface area contributed by atoms with E-state index in [1.165, 1.54) is 23.3 Å². The van der Waals surface area contributed by atoms with Gasteiger partial charge in [-0.1, -0.05) is 28.4 Å². The van der Waals surface area contributed by atoms with Crippen LogP contribution in [0.4, 0.5) is 5.00 Å². The summed E-state index contributed by atoms with van der Waals surface area (Å²) in [4.78, 5) is 33.4. The number of thiophene rings is 1. The van der Waals surface area contributed by atoms with Gasteiger partial charge in [-0.15, -0.1) is 11.3 Å². The van der Waals surface area contributed by atoms with Gasteiger partial charge in [-0.25, -0.2) is 4.79 Å². The number of likely N-dealkylation sites (tertiary alicyclic amines) is 1. The van der Waals surface area contributed by atoms with Crippen molar-refractivity contribution >= 4 is 51.4 Å². The number of ether oxygens (including phenoxy) is 1. The summed E-state index contributed by atoms with van der Waals surface area (Å²) >= 11 is 13.7. The van der Waals surface area contributed by atoms with E-state index < -0.39 is 0 Å². The van der Waals surface area contributed by atoms with Crippen LogP contribution in [0.25, 0.3) is 11.4 Å². The number of aryl methyl sites for hydroxylation is 1. The third-order valence-corrected chi connectivity index (χ3v) is 8.51. The quantitative estimate of drug-likeness (QED) is 0.399. The fourth-order valence-corrected chi connectivity index (χ4v) is 6.60. The molecule has 1 fully saturated rings. The van der Waals surface area contributed by atoms with Gasteiger partial charge in [0, 0.05) is 21.4 Å². The fourth-order valence-electron chi connectivity index (χ4n) is 4.83. The van der Waals surface area contributed by atoms with Crippen LogP contribution in [0.3, 0.4) is 0 Å². The molecule has 190 valence electrons. The molecule has 0 unspecified atom stereocenters. The third kappa shape index (κ3) is 5.29. The number of anilines is 1. The molecule has 36 heavy (non-hydrogen) atoms. The lowest BCUT2D eigenvalue weighted by molar-refractivity contribution is -0.121. The van der Waals surface area contributed by atoms with E-state index in [4.69, 9.17) is 32.5 Å². The number of aromatic nitrogens is 2. The first-order chi connectivity index (χ1) is 17.4. The summed E-state index contributed by atoms with van der Waals surface area (Å²) in [6.07, 6.45) is 5.36. The van der Waals surface area contributed by atoms with Gasteiger partial charge in [0.1, 0.15) is 5.00 Å². The highest BCUT2D eigenvalue weighted by molar-refractivity contribution is 7.17. The maximum Gasteiger partial charge on any atom is 0.341 e. The number of fused-ring (bicyclic) bond motifs is 1. The number of hydrogen-bond acceptors (Lipinski definition) is 8. The van der Waals surface area contributed by atoms with Crippen molar-refractivity contribution in [1.82, 2.24) is 15.0 Å². The van der Waals surface area contributed by atoms with Gasteiger partial charge in [0.05, 0.1) is 24.2 Å². The van der Waals surface area contributed by atoms with Crippen molar-refractivity contribution in [2.45, 2.75) is 45.1 Å². The Morgan fingerprint density at radius 2 is 2.00 bits per heavy atom. The highest BCUT2D eigenvalue weighted by atomic mass is 35.5. The van der Waals surface area contributed by atoms with Crippen LogP contribution in [0.5, 0.6) is 0 Å². The van der Waals surface area contributed by atoms with Crippen LogP contribution in [-0.4, -0.2) is 47.1 Å². The zero-order valence-corrected chi connectivity index (χ0v) is 22.1. The molecule has 3 heterocycles. The van der Waals surface area contributed by atoms with Crippen LogP contribution in [0.15, 0.2) is 22.7 Å². The number of piperidine rings is 1. The predicted octanol–water partition coefficient (Wildman–Crippen LogP) is 5.62. The van der Waals surface area contributed by atoms with Crippen molar-refractivity contribution in [3.05, 3.63) is 50.1 Å². The molecule has 0 radical (unpaired) electrons. The highest BCUT2D eigenvalue weighted by Crippen LogP contribution is 2.39. The lowest BCUT2D eigenvalue weighted by Gasteiger charge is -2.30. The first-order valence-electron chi connectivity index (χ1n) is 12.0. The maximum atomic E-state index is 13.1. The molecule has 0 bridgehead atoms. The lowest BCUT2D eigenvalue weighted by atomic mass is 9.94. The number of halogens is 2. The molecule has 0 saturated carbocycles. The molecule has 1 saturated heterocycles. The zero-order valence-electron chi connectivity index (χ0n) is 19.8. The average molecular weight is 549 g/mol. The first-order valence-corrected chi connectivity index (χ1v) is 13.5. The molecule has 2 aliphatic rings. The molecule has 11 heteroatoms. The van der Waals surface area contributed by atoms with Crippen LogP contribution < -0.4 is 5.32 Å². The number of nitrogens with zero attached hydrogens (tertiary/aromatic N) is 3. The Morgan fingerprint density at radius 3 is 2.75 bits per heavy atom. The van der Waals surface area contributed by atoms with Crippen LogP contribution >= 0.6 is 34.5 Å². The third-order valence-electron chi connectivity index (χ3n) is 6.75. The largest absolute Gasteiger partial charge is 0.465 e. The van der Waals surface area contributed by atoms with Crippen molar-refractivity contribution in [1.29, 1.82) is 0 Å². The van der Waals surface area contributed by atoms with E-state index in [0.29, 0.717) is 57.3 Å². The number of nitrogens with one attached hydrogen (secondary N) is 1. The standard InChI is InChI=1S/C25H26Cl2N4O4S/c1-34-25(33)21-17-4-2-3-5-19(17)36-24(21)29-23(32)14-8-10-31(11-9-14)13-20-28-22(30-35-20)16-7-6-15(26)12-18(16)27/h6-7,12,14H,2-5,8-11,13H2,1H3,(H,29,32). The molecule has 8 nitrogen and oxygen atoms in total. The molecule has 1 aliphatic carbocycles. The van der Waals surface area contributed by atoms with Crippen molar-refractivity contribution < 1.29 is 18.8 Å². The summed E-state index contributed by atoms with van der Waals surface area (Å²) in [5, 5.41) is 8.72. The monoisotopic (exact) mass is 548 g/mol. The van der Waals surface area contributed by atoms with Crippen molar-refractivity contribution in [3.8, 4) is 11.4 Å². The van der Waals surface area contributed by atoms with Crippen LogP contribution in [0, 0.1) is 5.92 Å². The van der Waals surface area contributed by atoms with E-state index in [-0.39, 0.29) is 17.8 Å². The summed E-state index contributed by atoms with van der Waals surface area (Å²) in [5.41, 5.74) is 2.24. The normalized spacial score (nSPS) is 16.5. The predicted molar refractivity (Wildman–Crippen MR) is 139 cm³/mol. The van der Waals surface area contributed by atoms with Crippen molar-refractivity contribution in [2.75, 3.05) is 25.5 Å². The molecule has 1 N–H and O–H groups in total. The second kappa shape index (κ2) is 10.9. The molecule has 1 amide bonds. The molecule has 0 atom stereocenters. The minimum absolute atomic E-state index is 0.0455. The number of methoxy groups -OCH3 is 1. The minimum atomic E-state index is -0.377. The Kier molecular flexibility index (Phi) is 7.62. The Bertz CT molecular complexity index is 1280. The molecule has 3 aromatic rings. The van der Waals surface area contributed by atoms with Gasteiger partial charge in [0.2, 0.25) is 17.6 Å². The van der Waals surface area contributed by atoms with E-state index in [1.54, 1.807) is 18.2 Å². The fraction of sp³-hybridized carbons (Fsp3) is 0.440. The van der Waals surface area contributed by atoms with Crippen LogP contribution in [0.1, 0.15) is 52.4 Å². The van der Waals surface area contributed by atoms with E-state index in [1.807, 2.05) is 0 Å². The Balaban J connectivity index is 1.18. The topological polar surface area (TPSA) is 97.6 Å². The number of hydrogen-bond donors (Lipinski definition) is 1. The van der Waals surface area contributed by atoms with Crippen LogP contribution in [0.2, 0.25) is 10.0 Å². The average Bonchev–Trinajstić information content (AvgIpc) is 3.48. The SMILES string of the molecule is COC(=O)c1c(NC(=O)C2CCN(Cc3nc(-c4ccc(Cl)cc4Cl)no3)CC2)sc2c1CCCC2. The molecule has 1 aliphatic heterocycles. The van der Waals surface area contributed by atoms with Gasteiger partial charge in [-0.05, 0) is 75.4 Å². The smallest absolute Gasteiger partial charge is 0.341 e. The van der Waals surface area contributed by atoms with E-state index in [9.17, 15) is 9.59 Å². The van der Waals surface area contributed by atoms with Crippen molar-refractivity contribution in [3.63, 3.8) is 0 Å². The lowest BCUT2D eigenvalue weighted by Crippen LogP contribution is -2.37. The van der Waals surface area contributed by atoms with E-state index in [0.717, 1.165) is 44.3 Å². The summed E-state index contributed by atoms with van der Waals surface area (Å²) in [7, 11) is 1.38. The minimum Gasteiger partial charge on any atom is -0.465 e. The Hall–Kier alpha value is -2.46. The number of rotatable bonds is 6. The van der Waals surface area contributed by atoms with Gasteiger partial charge in [-0.3, -0.25) is 9.69 Å². The maximum absolute atomic E-state index is 13.1. The van der Waals surface area contributed by atoms with Crippen LogP contribution in [-0.2, 0) is 28.9 Å². The summed E-state index contributed by atoms with van der Waals surface area (Å²) < 4.78 is 10.4. The zero-order chi connectivity index (χ0) is 25.2. The molecule has 0 spiro atoms. The molecule has 1 aromatic carbocycles. The van der Waals surface area contributed by atoms with Crippen molar-refractivity contribution in [2.24, 2.45) is 5.92 Å². The summed E-state index contributed by atoms with van der Waals surface area (Å²) in [5.74, 6) is 0.359. The molecule has 5 rings (SSSR count). The van der Waals surface area contributed by atoms with E-state index in [2.05, 4.69) is 20.4 Å². The Labute approximate surface area is 222 Å². The number of carbonyl (C=O) groups is 2. The molecule has 2 aromatic heterocycles. The second-order valence-electron chi connectivity index (χ2n) is 9.08. The van der Waals surface area contributed by atoms with E-state index >= 15 is 0 Å². The molecular formula is C25H26Cl2N4O4S. The first kappa shape index (κ1) is 25.2. The summed E-state index contributed by atoms with van der Waals surface area (Å²) in [6.45, 7) is 1.95. The van der Waals surface area contributed by atoms with Gasteiger partial charge in [-0.2, -0.15) is 4.98 Å². The van der Waals surface area contributed by atoms with Gasteiger partial charge >= 0.3 is 5.97 Å². The van der Waals surface area contributed by atoms with Gasteiger partial charge in [0.25, 0.3) is 0 Å².